The van der Waals surface area contributed by atoms with E-state index >= 15 is 0 Å². The minimum atomic E-state index is -0.918. The monoisotopic (exact) mass is 343 g/mol. The molecule has 2 aromatic rings. The van der Waals surface area contributed by atoms with Crippen molar-refractivity contribution in [3.63, 3.8) is 0 Å². The molecule has 0 aromatic carbocycles. The molecule has 1 amide bonds. The molecular weight excluding hydrogens is 326 g/mol. The minimum Gasteiger partial charge on any atom is -0.452 e. The standard InChI is InChI=1S/C16H17N5O4/c1-8-5-10(3)21-16(17-8)18-13(19-21)15(24)25-7-12(22)11-6-9(2)20(4)14(11)23/h5-6,11H,7H2,1-4H3. The van der Waals surface area contributed by atoms with Crippen molar-refractivity contribution in [2.75, 3.05) is 13.7 Å². The van der Waals surface area contributed by atoms with Crippen molar-refractivity contribution < 1.29 is 19.1 Å². The highest BCUT2D eigenvalue weighted by molar-refractivity contribution is 6.06. The summed E-state index contributed by atoms with van der Waals surface area (Å²) in [5, 5.41) is 4.04. The molecule has 2 aromatic heterocycles. The Kier molecular flexibility index (Phi) is 4.07. The van der Waals surface area contributed by atoms with Gasteiger partial charge in [-0.3, -0.25) is 9.59 Å². The number of ketones is 1. The fourth-order valence-electron chi connectivity index (χ4n) is 2.58. The maximum Gasteiger partial charge on any atom is 0.378 e. The molecule has 0 bridgehead atoms. The molecule has 0 N–H and O–H groups in total. The number of esters is 1. The first kappa shape index (κ1) is 16.7. The molecule has 0 fully saturated rings. The molecule has 0 radical (unpaired) electrons. The minimum absolute atomic E-state index is 0.185. The first-order valence-electron chi connectivity index (χ1n) is 7.65. The summed E-state index contributed by atoms with van der Waals surface area (Å²) >= 11 is 0. The molecule has 0 spiro atoms. The normalized spacial score (nSPS) is 17.1. The second-order valence-electron chi connectivity index (χ2n) is 5.91. The number of hydrogen-bond donors (Lipinski definition) is 0. The molecule has 130 valence electrons. The Bertz CT molecular complexity index is 930. The van der Waals surface area contributed by atoms with Crippen LogP contribution >= 0.6 is 0 Å². The van der Waals surface area contributed by atoms with Gasteiger partial charge >= 0.3 is 5.97 Å². The number of Topliss-reactive ketones (excluding diaryl/α,β-unsaturated/α-hetero) is 1. The van der Waals surface area contributed by atoms with E-state index in [1.165, 1.54) is 9.42 Å². The lowest BCUT2D eigenvalue weighted by atomic mass is 10.1. The van der Waals surface area contributed by atoms with Crippen molar-refractivity contribution in [2.45, 2.75) is 20.8 Å². The molecule has 3 heterocycles. The average molecular weight is 343 g/mol. The van der Waals surface area contributed by atoms with Crippen LogP contribution in [0.2, 0.25) is 0 Å². The Morgan fingerprint density at radius 3 is 2.60 bits per heavy atom. The Morgan fingerprint density at radius 2 is 1.96 bits per heavy atom. The first-order valence-corrected chi connectivity index (χ1v) is 7.65. The van der Waals surface area contributed by atoms with Gasteiger partial charge in [-0.1, -0.05) is 0 Å². The summed E-state index contributed by atoms with van der Waals surface area (Å²) < 4.78 is 6.39. The van der Waals surface area contributed by atoms with Crippen LogP contribution in [-0.2, 0) is 14.3 Å². The molecule has 3 rings (SSSR count). The molecule has 0 saturated heterocycles. The number of fused-ring (bicyclic) bond motifs is 1. The van der Waals surface area contributed by atoms with Crippen LogP contribution in [-0.4, -0.2) is 55.8 Å². The van der Waals surface area contributed by atoms with Gasteiger partial charge in [0.15, 0.2) is 12.4 Å². The predicted molar refractivity (Wildman–Crippen MR) is 85.6 cm³/mol. The number of carbonyl (C=O) groups is 3. The smallest absolute Gasteiger partial charge is 0.378 e. The van der Waals surface area contributed by atoms with Gasteiger partial charge in [-0.2, -0.15) is 4.98 Å². The summed E-state index contributed by atoms with van der Waals surface area (Å²) in [5.74, 6) is -2.48. The molecule has 1 aliphatic rings. The Hall–Kier alpha value is -3.10. The van der Waals surface area contributed by atoms with Crippen molar-refractivity contribution in [3.05, 3.63) is 35.1 Å². The molecule has 0 saturated carbocycles. The Balaban J connectivity index is 1.70. The number of aryl methyl sites for hydroxylation is 2. The van der Waals surface area contributed by atoms with Crippen LogP contribution in [0.15, 0.2) is 17.8 Å². The molecule has 1 atom stereocenters. The molecule has 9 nitrogen and oxygen atoms in total. The van der Waals surface area contributed by atoms with Crippen molar-refractivity contribution >= 4 is 23.4 Å². The Labute approximate surface area is 143 Å². The van der Waals surface area contributed by atoms with Gasteiger partial charge in [0.1, 0.15) is 5.92 Å². The maximum absolute atomic E-state index is 12.1. The summed E-state index contributed by atoms with van der Waals surface area (Å²) in [5.41, 5.74) is 2.21. The highest BCUT2D eigenvalue weighted by atomic mass is 16.5. The van der Waals surface area contributed by atoms with Gasteiger partial charge < -0.3 is 9.64 Å². The van der Waals surface area contributed by atoms with Crippen LogP contribution in [0.1, 0.15) is 28.9 Å². The second kappa shape index (κ2) is 6.08. The summed E-state index contributed by atoms with van der Waals surface area (Å²) in [6.07, 6.45) is 1.55. The molecular formula is C16H17N5O4. The average Bonchev–Trinajstić information content (AvgIpc) is 3.09. The quantitative estimate of drug-likeness (QED) is 0.586. The number of amides is 1. The number of allylic oxidation sites excluding steroid dienone is 1. The third-order valence-electron chi connectivity index (χ3n) is 4.03. The highest BCUT2D eigenvalue weighted by Gasteiger charge is 2.34. The van der Waals surface area contributed by atoms with E-state index in [2.05, 4.69) is 15.1 Å². The van der Waals surface area contributed by atoms with E-state index in [-0.39, 0.29) is 17.5 Å². The summed E-state index contributed by atoms with van der Waals surface area (Å²) in [6, 6.07) is 1.80. The van der Waals surface area contributed by atoms with Gasteiger partial charge in [-0.15, -0.1) is 5.10 Å². The van der Waals surface area contributed by atoms with Gasteiger partial charge in [0.2, 0.25) is 5.91 Å². The maximum atomic E-state index is 12.1. The van der Waals surface area contributed by atoms with E-state index < -0.39 is 24.3 Å². The number of hydrogen-bond acceptors (Lipinski definition) is 7. The third-order valence-corrected chi connectivity index (χ3v) is 4.03. The van der Waals surface area contributed by atoms with E-state index in [9.17, 15) is 14.4 Å². The summed E-state index contributed by atoms with van der Waals surface area (Å²) in [4.78, 5) is 45.7. The lowest BCUT2D eigenvalue weighted by Crippen LogP contribution is -2.31. The largest absolute Gasteiger partial charge is 0.452 e. The lowest BCUT2D eigenvalue weighted by Gasteiger charge is -2.12. The number of rotatable bonds is 4. The van der Waals surface area contributed by atoms with Gasteiger partial charge in [0, 0.05) is 24.1 Å². The van der Waals surface area contributed by atoms with E-state index in [0.717, 1.165) is 11.4 Å². The number of aromatic nitrogens is 4. The van der Waals surface area contributed by atoms with Crippen LogP contribution in [0, 0.1) is 19.8 Å². The fraction of sp³-hybridized carbons (Fsp3) is 0.375. The topological polar surface area (TPSA) is 107 Å². The van der Waals surface area contributed by atoms with Crippen molar-refractivity contribution in [3.8, 4) is 0 Å². The van der Waals surface area contributed by atoms with E-state index in [4.69, 9.17) is 4.74 Å². The van der Waals surface area contributed by atoms with Gasteiger partial charge in [0.05, 0.1) is 0 Å². The molecule has 1 aliphatic heterocycles. The molecule has 0 aliphatic carbocycles. The number of carbonyl (C=O) groups excluding carboxylic acids is 3. The Morgan fingerprint density at radius 1 is 1.24 bits per heavy atom. The lowest BCUT2D eigenvalue weighted by molar-refractivity contribution is -0.136. The van der Waals surface area contributed by atoms with Crippen LogP contribution in [0.25, 0.3) is 5.78 Å². The third kappa shape index (κ3) is 3.00. The fourth-order valence-corrected chi connectivity index (χ4v) is 2.58. The zero-order chi connectivity index (χ0) is 18.3. The first-order chi connectivity index (χ1) is 11.8. The number of ether oxygens (including phenoxy) is 1. The number of nitrogens with zero attached hydrogens (tertiary/aromatic N) is 5. The van der Waals surface area contributed by atoms with Crippen LogP contribution in [0.5, 0.6) is 0 Å². The molecule has 9 heteroatoms. The zero-order valence-electron chi connectivity index (χ0n) is 14.3. The van der Waals surface area contributed by atoms with E-state index in [0.29, 0.717) is 5.70 Å². The van der Waals surface area contributed by atoms with Crippen LogP contribution < -0.4 is 0 Å². The summed E-state index contributed by atoms with van der Waals surface area (Å²) in [6.45, 7) is 4.83. The van der Waals surface area contributed by atoms with Crippen molar-refractivity contribution in [1.82, 2.24) is 24.5 Å². The predicted octanol–water partition coefficient (Wildman–Crippen LogP) is 0.459. The second-order valence-corrected chi connectivity index (χ2v) is 5.91. The molecule has 25 heavy (non-hydrogen) atoms. The van der Waals surface area contributed by atoms with Crippen LogP contribution in [0.4, 0.5) is 0 Å². The van der Waals surface area contributed by atoms with Crippen molar-refractivity contribution in [2.24, 2.45) is 5.92 Å². The van der Waals surface area contributed by atoms with Gasteiger partial charge in [-0.25, -0.2) is 14.3 Å². The highest BCUT2D eigenvalue weighted by Crippen LogP contribution is 2.20. The summed E-state index contributed by atoms with van der Waals surface area (Å²) in [7, 11) is 1.59. The van der Waals surface area contributed by atoms with Gasteiger partial charge in [-0.05, 0) is 32.9 Å². The molecule has 1 unspecified atom stereocenters. The van der Waals surface area contributed by atoms with E-state index in [1.807, 2.05) is 13.8 Å². The van der Waals surface area contributed by atoms with Crippen molar-refractivity contribution in [1.29, 1.82) is 0 Å². The van der Waals surface area contributed by atoms with Crippen LogP contribution in [0.3, 0.4) is 0 Å². The van der Waals surface area contributed by atoms with E-state index in [1.54, 1.807) is 26.1 Å². The SMILES string of the molecule is CC1=CC(C(=O)COC(=O)c2nc3nc(C)cc(C)n3n2)C(=O)N1C. The van der Waals surface area contributed by atoms with Gasteiger partial charge in [0.25, 0.3) is 11.6 Å². The zero-order valence-corrected chi connectivity index (χ0v) is 14.3.